The van der Waals surface area contributed by atoms with Gasteiger partial charge in [-0.3, -0.25) is 19.6 Å². The molecule has 2 N–H and O–H groups in total. The van der Waals surface area contributed by atoms with E-state index in [9.17, 15) is 9.59 Å². The van der Waals surface area contributed by atoms with Gasteiger partial charge in [0.15, 0.2) is 5.82 Å². The van der Waals surface area contributed by atoms with Crippen LogP contribution in [0.25, 0.3) is 10.6 Å². The number of carbonyl (C=O) groups is 2. The van der Waals surface area contributed by atoms with Gasteiger partial charge < -0.3 is 5.11 Å². The van der Waals surface area contributed by atoms with Gasteiger partial charge in [-0.15, -0.1) is 11.3 Å². The number of carboxylic acids is 1. The van der Waals surface area contributed by atoms with Crippen molar-refractivity contribution in [2.24, 2.45) is 5.92 Å². The zero-order valence-corrected chi connectivity index (χ0v) is 10.7. The van der Waals surface area contributed by atoms with E-state index in [0.29, 0.717) is 5.82 Å². The Kier molecular flexibility index (Phi) is 2.83. The molecule has 1 amide bonds. The van der Waals surface area contributed by atoms with Crippen LogP contribution < -0.4 is 4.90 Å². The first-order chi connectivity index (χ1) is 9.15. The summed E-state index contributed by atoms with van der Waals surface area (Å²) in [4.78, 5) is 25.2. The van der Waals surface area contributed by atoms with Crippen molar-refractivity contribution in [2.45, 2.75) is 6.42 Å². The summed E-state index contributed by atoms with van der Waals surface area (Å²) in [5.41, 5.74) is 0.830. The number of hydrogen-bond acceptors (Lipinski definition) is 4. The summed E-state index contributed by atoms with van der Waals surface area (Å²) in [6.07, 6.45) is 0.0382. The molecular weight excluding hydrogens is 266 g/mol. The van der Waals surface area contributed by atoms with E-state index < -0.39 is 11.9 Å². The summed E-state index contributed by atoms with van der Waals surface area (Å²) in [6, 6.07) is 5.66. The third kappa shape index (κ3) is 2.12. The number of anilines is 1. The lowest BCUT2D eigenvalue weighted by Gasteiger charge is -2.11. The average molecular weight is 277 g/mol. The van der Waals surface area contributed by atoms with Crippen LogP contribution in [0.15, 0.2) is 23.6 Å². The van der Waals surface area contributed by atoms with E-state index in [4.69, 9.17) is 5.11 Å². The number of rotatable bonds is 3. The Bertz CT molecular complexity index is 620. The Morgan fingerprint density at radius 3 is 3.05 bits per heavy atom. The van der Waals surface area contributed by atoms with Crippen molar-refractivity contribution in [3.05, 3.63) is 23.6 Å². The SMILES string of the molecule is O=C(O)C1CC(=O)N(c2cc(-c3cccs3)[nH]n2)C1. The standard InChI is InChI=1S/C12H11N3O3S/c16-11-4-7(12(17)18)6-15(11)10-5-8(13-14-10)9-2-1-3-19-9/h1-3,5,7H,4,6H2,(H,13,14)(H,17,18). The van der Waals surface area contributed by atoms with Crippen molar-refractivity contribution < 1.29 is 14.7 Å². The maximum Gasteiger partial charge on any atom is 0.308 e. The summed E-state index contributed by atoms with van der Waals surface area (Å²) in [7, 11) is 0. The Balaban J connectivity index is 1.84. The van der Waals surface area contributed by atoms with Crippen molar-refractivity contribution in [2.75, 3.05) is 11.4 Å². The van der Waals surface area contributed by atoms with Gasteiger partial charge in [-0.25, -0.2) is 0 Å². The van der Waals surface area contributed by atoms with E-state index in [1.54, 1.807) is 17.4 Å². The molecule has 6 nitrogen and oxygen atoms in total. The molecule has 0 spiro atoms. The quantitative estimate of drug-likeness (QED) is 0.891. The van der Waals surface area contributed by atoms with Crippen molar-refractivity contribution in [1.29, 1.82) is 0 Å². The van der Waals surface area contributed by atoms with Gasteiger partial charge in [0.2, 0.25) is 5.91 Å². The molecule has 3 heterocycles. The van der Waals surface area contributed by atoms with E-state index in [0.717, 1.165) is 10.6 Å². The number of nitrogens with zero attached hydrogens (tertiary/aromatic N) is 2. The lowest BCUT2D eigenvalue weighted by atomic mass is 10.1. The summed E-state index contributed by atoms with van der Waals surface area (Å²) in [5.74, 6) is -1.30. The van der Waals surface area contributed by atoms with Gasteiger partial charge in [-0.1, -0.05) is 6.07 Å². The van der Waals surface area contributed by atoms with E-state index in [1.807, 2.05) is 17.5 Å². The molecule has 2 aromatic heterocycles. The van der Waals surface area contributed by atoms with Crippen LogP contribution in [-0.2, 0) is 9.59 Å². The van der Waals surface area contributed by atoms with Gasteiger partial charge in [-0.05, 0) is 11.4 Å². The first kappa shape index (κ1) is 11.9. The molecule has 0 radical (unpaired) electrons. The first-order valence-corrected chi connectivity index (χ1v) is 6.65. The fourth-order valence-corrected chi connectivity index (χ4v) is 2.79. The zero-order valence-electron chi connectivity index (χ0n) is 9.87. The lowest BCUT2D eigenvalue weighted by Crippen LogP contribution is -2.26. The third-order valence-electron chi connectivity index (χ3n) is 3.10. The van der Waals surface area contributed by atoms with Gasteiger partial charge in [0.05, 0.1) is 16.5 Å². The molecule has 0 saturated carbocycles. The molecule has 1 saturated heterocycles. The number of aromatic nitrogens is 2. The van der Waals surface area contributed by atoms with Crippen molar-refractivity contribution >= 4 is 29.0 Å². The number of H-pyrrole nitrogens is 1. The van der Waals surface area contributed by atoms with Gasteiger partial charge in [0, 0.05) is 19.0 Å². The Hall–Kier alpha value is -2.15. The molecule has 7 heteroatoms. The fourth-order valence-electron chi connectivity index (χ4n) is 2.10. The van der Waals surface area contributed by atoms with Gasteiger partial charge in [-0.2, -0.15) is 5.10 Å². The predicted octanol–water partition coefficient (Wildman–Crippen LogP) is 1.58. The second-order valence-electron chi connectivity index (χ2n) is 4.36. The van der Waals surface area contributed by atoms with Gasteiger partial charge in [0.1, 0.15) is 0 Å². The molecule has 1 aliphatic heterocycles. The molecule has 1 aliphatic rings. The molecule has 0 aromatic carbocycles. The Labute approximate surface area is 112 Å². The molecule has 1 atom stereocenters. The monoisotopic (exact) mass is 277 g/mol. The van der Waals surface area contributed by atoms with Crippen LogP contribution >= 0.6 is 11.3 Å². The molecule has 3 rings (SSSR count). The molecular formula is C12H11N3O3S. The van der Waals surface area contributed by atoms with Gasteiger partial charge >= 0.3 is 5.97 Å². The van der Waals surface area contributed by atoms with E-state index in [-0.39, 0.29) is 18.9 Å². The highest BCUT2D eigenvalue weighted by atomic mass is 32.1. The topological polar surface area (TPSA) is 86.3 Å². The van der Waals surface area contributed by atoms with Gasteiger partial charge in [0.25, 0.3) is 0 Å². The van der Waals surface area contributed by atoms with E-state index in [1.165, 1.54) is 4.90 Å². The van der Waals surface area contributed by atoms with Crippen molar-refractivity contribution in [1.82, 2.24) is 10.2 Å². The minimum absolute atomic E-state index is 0.0382. The van der Waals surface area contributed by atoms with Crippen molar-refractivity contribution in [3.8, 4) is 10.6 Å². The predicted molar refractivity (Wildman–Crippen MR) is 70.0 cm³/mol. The van der Waals surface area contributed by atoms with E-state index in [2.05, 4.69) is 10.2 Å². The van der Waals surface area contributed by atoms with Crippen LogP contribution in [0.1, 0.15) is 6.42 Å². The lowest BCUT2D eigenvalue weighted by molar-refractivity contribution is -0.141. The smallest absolute Gasteiger partial charge is 0.308 e. The number of hydrogen-bond donors (Lipinski definition) is 2. The molecule has 2 aromatic rings. The third-order valence-corrected chi connectivity index (χ3v) is 4.00. The van der Waals surface area contributed by atoms with Crippen LogP contribution in [0.2, 0.25) is 0 Å². The average Bonchev–Trinajstić information content (AvgIpc) is 3.07. The zero-order chi connectivity index (χ0) is 13.4. The maximum atomic E-state index is 11.8. The number of nitrogens with one attached hydrogen (secondary N) is 1. The van der Waals surface area contributed by atoms with E-state index >= 15 is 0 Å². The summed E-state index contributed by atoms with van der Waals surface area (Å²) < 4.78 is 0. The summed E-state index contributed by atoms with van der Waals surface area (Å²) >= 11 is 1.57. The van der Waals surface area contributed by atoms with Crippen molar-refractivity contribution in [3.63, 3.8) is 0 Å². The second-order valence-corrected chi connectivity index (χ2v) is 5.31. The summed E-state index contributed by atoms with van der Waals surface area (Å²) in [6.45, 7) is 0.183. The molecule has 0 aliphatic carbocycles. The molecule has 0 bridgehead atoms. The second kappa shape index (κ2) is 4.51. The highest BCUT2D eigenvalue weighted by Crippen LogP contribution is 2.29. The minimum atomic E-state index is -0.940. The normalized spacial score (nSPS) is 19.1. The molecule has 1 unspecified atom stereocenters. The first-order valence-electron chi connectivity index (χ1n) is 5.77. The van der Waals surface area contributed by atoms with Crippen LogP contribution in [0, 0.1) is 5.92 Å². The maximum absolute atomic E-state index is 11.8. The molecule has 1 fully saturated rings. The van der Waals surface area contributed by atoms with Crippen LogP contribution in [0.5, 0.6) is 0 Å². The largest absolute Gasteiger partial charge is 0.481 e. The number of thiophene rings is 1. The Morgan fingerprint density at radius 1 is 1.58 bits per heavy atom. The number of carbonyl (C=O) groups excluding carboxylic acids is 1. The highest BCUT2D eigenvalue weighted by Gasteiger charge is 2.36. The Morgan fingerprint density at radius 2 is 2.42 bits per heavy atom. The number of aliphatic carboxylic acids is 1. The van der Waals surface area contributed by atoms with Crippen LogP contribution in [0.4, 0.5) is 5.82 Å². The molecule has 19 heavy (non-hydrogen) atoms. The fraction of sp³-hybridized carbons (Fsp3) is 0.250. The van der Waals surface area contributed by atoms with Crippen LogP contribution in [0.3, 0.4) is 0 Å². The number of aromatic amines is 1. The minimum Gasteiger partial charge on any atom is -0.481 e. The van der Waals surface area contributed by atoms with Crippen LogP contribution in [-0.4, -0.2) is 33.7 Å². The number of amides is 1. The summed E-state index contributed by atoms with van der Waals surface area (Å²) in [5, 5.41) is 17.9. The highest BCUT2D eigenvalue weighted by molar-refractivity contribution is 7.13. The molecule has 98 valence electrons. The number of carboxylic acid groups (broad SMARTS) is 1.